The van der Waals surface area contributed by atoms with Gasteiger partial charge in [-0.05, 0) is 12.3 Å². The van der Waals surface area contributed by atoms with E-state index in [0.717, 1.165) is 0 Å². The van der Waals surface area contributed by atoms with Gasteiger partial charge in [0.1, 0.15) is 0 Å². The molecule has 1 rings (SSSR count). The van der Waals surface area contributed by atoms with Gasteiger partial charge in [0.2, 0.25) is 6.43 Å². The van der Waals surface area contributed by atoms with E-state index in [9.17, 15) is 8.78 Å². The molecule has 0 radical (unpaired) electrons. The fraction of sp³-hybridized carbons (Fsp3) is 1.00. The van der Waals surface area contributed by atoms with Crippen molar-refractivity contribution in [2.45, 2.75) is 25.4 Å². The molecule has 2 atom stereocenters. The van der Waals surface area contributed by atoms with Gasteiger partial charge in [0.25, 0.3) is 0 Å². The van der Waals surface area contributed by atoms with Crippen LogP contribution in [0.4, 0.5) is 8.78 Å². The summed E-state index contributed by atoms with van der Waals surface area (Å²) in [6, 6.07) is 0. The van der Waals surface area contributed by atoms with E-state index in [1.807, 2.05) is 0 Å². The molecule has 2 unspecified atom stereocenters. The monoisotopic (exact) mass is 166 g/mol. The molecule has 0 saturated carbocycles. The van der Waals surface area contributed by atoms with Crippen molar-refractivity contribution in [1.82, 2.24) is 0 Å². The molecule has 1 N–H and O–H groups in total. The zero-order valence-electron chi connectivity index (χ0n) is 6.17. The summed E-state index contributed by atoms with van der Waals surface area (Å²) in [6.07, 6.45) is -2.67. The molecule has 1 aliphatic rings. The van der Waals surface area contributed by atoms with Crippen molar-refractivity contribution in [3.63, 3.8) is 0 Å². The van der Waals surface area contributed by atoms with Crippen molar-refractivity contribution in [3.05, 3.63) is 0 Å². The molecule has 0 aromatic carbocycles. The van der Waals surface area contributed by atoms with Crippen LogP contribution in [0, 0.1) is 5.92 Å². The van der Waals surface area contributed by atoms with Crippen LogP contribution >= 0.6 is 0 Å². The lowest BCUT2D eigenvalue weighted by Crippen LogP contribution is -2.33. The predicted octanol–water partition coefficient (Wildman–Crippen LogP) is 1.04. The van der Waals surface area contributed by atoms with Gasteiger partial charge >= 0.3 is 0 Å². The van der Waals surface area contributed by atoms with E-state index in [2.05, 4.69) is 0 Å². The Hall–Kier alpha value is -0.220. The lowest BCUT2D eigenvalue weighted by molar-refractivity contribution is -0.0601. The second-order valence-corrected chi connectivity index (χ2v) is 2.82. The zero-order valence-corrected chi connectivity index (χ0v) is 6.17. The fourth-order valence-corrected chi connectivity index (χ4v) is 1.27. The van der Waals surface area contributed by atoms with Gasteiger partial charge in [0.15, 0.2) is 0 Å². The Morgan fingerprint density at radius 2 is 2.27 bits per heavy atom. The van der Waals surface area contributed by atoms with Crippen molar-refractivity contribution in [2.75, 3.05) is 13.2 Å². The molecule has 0 aliphatic carbocycles. The topological polar surface area (TPSA) is 29.5 Å². The quantitative estimate of drug-likeness (QED) is 0.664. The van der Waals surface area contributed by atoms with Gasteiger partial charge < -0.3 is 9.84 Å². The molecule has 1 aliphatic heterocycles. The molecule has 0 aromatic rings. The second-order valence-electron chi connectivity index (χ2n) is 2.82. The Morgan fingerprint density at radius 3 is 2.82 bits per heavy atom. The largest absolute Gasteiger partial charge is 0.390 e. The van der Waals surface area contributed by atoms with Crippen LogP contribution in [-0.2, 0) is 4.74 Å². The molecule has 2 nitrogen and oxygen atoms in total. The van der Waals surface area contributed by atoms with Gasteiger partial charge in [-0.15, -0.1) is 0 Å². The van der Waals surface area contributed by atoms with Crippen molar-refractivity contribution in [1.29, 1.82) is 0 Å². The summed E-state index contributed by atoms with van der Waals surface area (Å²) in [7, 11) is 0. The Morgan fingerprint density at radius 1 is 1.55 bits per heavy atom. The average molecular weight is 166 g/mol. The van der Waals surface area contributed by atoms with E-state index in [-0.39, 0.29) is 18.9 Å². The molecule has 11 heavy (non-hydrogen) atoms. The summed E-state index contributed by atoms with van der Waals surface area (Å²) < 4.78 is 28.6. The van der Waals surface area contributed by atoms with Crippen molar-refractivity contribution in [3.8, 4) is 0 Å². The molecule has 0 amide bonds. The highest BCUT2D eigenvalue weighted by Crippen LogP contribution is 2.22. The van der Waals surface area contributed by atoms with Gasteiger partial charge in [-0.2, -0.15) is 0 Å². The summed E-state index contributed by atoms with van der Waals surface area (Å²) >= 11 is 0. The molecule has 4 heteroatoms. The van der Waals surface area contributed by atoms with Crippen LogP contribution in [0.25, 0.3) is 0 Å². The Balaban J connectivity index is 2.29. The first-order valence-electron chi connectivity index (χ1n) is 3.74. The highest BCUT2D eigenvalue weighted by atomic mass is 19.3. The van der Waals surface area contributed by atoms with Gasteiger partial charge in [-0.25, -0.2) is 8.78 Å². The van der Waals surface area contributed by atoms with Gasteiger partial charge in [0.05, 0.1) is 12.7 Å². The second kappa shape index (κ2) is 3.97. The van der Waals surface area contributed by atoms with E-state index >= 15 is 0 Å². The number of halogens is 2. The first-order valence-corrected chi connectivity index (χ1v) is 3.74. The van der Waals surface area contributed by atoms with Crippen LogP contribution in [0.2, 0.25) is 0 Å². The lowest BCUT2D eigenvalue weighted by Gasteiger charge is -2.27. The van der Waals surface area contributed by atoms with Gasteiger partial charge in [0, 0.05) is 13.0 Å². The van der Waals surface area contributed by atoms with Crippen molar-refractivity contribution < 1.29 is 18.6 Å². The summed E-state index contributed by atoms with van der Waals surface area (Å²) in [5.74, 6) is -0.274. The maximum Gasteiger partial charge on any atom is 0.239 e. The third-order valence-electron chi connectivity index (χ3n) is 1.95. The van der Waals surface area contributed by atoms with Crippen LogP contribution in [0.3, 0.4) is 0 Å². The molecule has 66 valence electrons. The first kappa shape index (κ1) is 8.87. The zero-order chi connectivity index (χ0) is 8.27. The van der Waals surface area contributed by atoms with Crippen LogP contribution in [0.1, 0.15) is 12.8 Å². The minimum Gasteiger partial charge on any atom is -0.390 e. The number of hydrogen-bond acceptors (Lipinski definition) is 2. The molecule has 1 fully saturated rings. The Labute approximate surface area is 64.2 Å². The number of aliphatic hydroxyl groups excluding tert-OH is 1. The highest BCUT2D eigenvalue weighted by molar-refractivity contribution is 4.72. The Kier molecular flexibility index (Phi) is 3.20. The summed E-state index contributed by atoms with van der Waals surface area (Å²) in [5, 5.41) is 9.16. The van der Waals surface area contributed by atoms with Crippen LogP contribution in [0.15, 0.2) is 0 Å². The van der Waals surface area contributed by atoms with Crippen LogP contribution < -0.4 is 0 Å². The van der Waals surface area contributed by atoms with Crippen LogP contribution in [-0.4, -0.2) is 30.8 Å². The standard InChI is InChI=1S/C7H12F2O2/c8-7(9)3-5-1-2-11-4-6(5)10/h5-7,10H,1-4H2. The minimum atomic E-state index is -2.31. The predicted molar refractivity (Wildman–Crippen MR) is 35.6 cm³/mol. The maximum absolute atomic E-state index is 11.8. The molecular weight excluding hydrogens is 154 g/mol. The van der Waals surface area contributed by atoms with E-state index < -0.39 is 12.5 Å². The van der Waals surface area contributed by atoms with E-state index in [0.29, 0.717) is 13.0 Å². The van der Waals surface area contributed by atoms with Crippen molar-refractivity contribution in [2.24, 2.45) is 5.92 Å². The molecule has 1 saturated heterocycles. The SMILES string of the molecule is OC1COCCC1CC(F)F. The van der Waals surface area contributed by atoms with Crippen LogP contribution in [0.5, 0.6) is 0 Å². The lowest BCUT2D eigenvalue weighted by atomic mass is 9.94. The van der Waals surface area contributed by atoms with Gasteiger partial charge in [-0.1, -0.05) is 0 Å². The number of rotatable bonds is 2. The summed E-state index contributed by atoms with van der Waals surface area (Å²) in [4.78, 5) is 0. The number of aliphatic hydroxyl groups is 1. The Bertz CT molecular complexity index is 119. The van der Waals surface area contributed by atoms with Crippen molar-refractivity contribution >= 4 is 0 Å². The maximum atomic E-state index is 11.8. The van der Waals surface area contributed by atoms with E-state index in [1.54, 1.807) is 0 Å². The third kappa shape index (κ3) is 2.71. The number of ether oxygens (including phenoxy) is 1. The average Bonchev–Trinajstić information content (AvgIpc) is 1.93. The van der Waals surface area contributed by atoms with Gasteiger partial charge in [-0.3, -0.25) is 0 Å². The summed E-state index contributed by atoms with van der Waals surface area (Å²) in [6.45, 7) is 0.700. The van der Waals surface area contributed by atoms with E-state index in [4.69, 9.17) is 9.84 Å². The molecule has 0 bridgehead atoms. The fourth-order valence-electron chi connectivity index (χ4n) is 1.27. The normalized spacial score (nSPS) is 32.7. The minimum absolute atomic E-state index is 0.204. The highest BCUT2D eigenvalue weighted by Gasteiger charge is 2.26. The smallest absolute Gasteiger partial charge is 0.239 e. The van der Waals surface area contributed by atoms with E-state index in [1.165, 1.54) is 0 Å². The first-order chi connectivity index (χ1) is 5.20. The summed E-state index contributed by atoms with van der Waals surface area (Å²) in [5.41, 5.74) is 0. The molecular formula is C7H12F2O2. The number of alkyl halides is 2. The molecule has 0 aromatic heterocycles. The number of hydrogen-bond donors (Lipinski definition) is 1. The molecule has 0 spiro atoms. The third-order valence-corrected chi connectivity index (χ3v) is 1.95. The molecule has 1 heterocycles.